The van der Waals surface area contributed by atoms with E-state index >= 15 is 0 Å². The zero-order chi connectivity index (χ0) is 14.5. The van der Waals surface area contributed by atoms with Crippen molar-refractivity contribution in [3.63, 3.8) is 0 Å². The molecule has 5 nitrogen and oxygen atoms in total. The van der Waals surface area contributed by atoms with Gasteiger partial charge in [0.1, 0.15) is 5.75 Å². The second-order valence-electron chi connectivity index (χ2n) is 5.57. The lowest BCUT2D eigenvalue weighted by molar-refractivity contribution is 0.00934. The fraction of sp³-hybridized carbons (Fsp3) is 0.625. The van der Waals surface area contributed by atoms with E-state index < -0.39 is 0 Å². The number of fused-ring (bicyclic) bond motifs is 1. The molecule has 2 aliphatic rings. The first-order chi connectivity index (χ1) is 10.4. The molecule has 1 heterocycles. The van der Waals surface area contributed by atoms with Gasteiger partial charge in [0.15, 0.2) is 18.3 Å². The molecule has 0 spiro atoms. The SMILES string of the molecule is CCCNCc1cc2c(cc1OCOCC1CC1)OCO2. The van der Waals surface area contributed by atoms with E-state index in [9.17, 15) is 0 Å². The van der Waals surface area contributed by atoms with Crippen LogP contribution < -0.4 is 19.5 Å². The second kappa shape index (κ2) is 7.00. The lowest BCUT2D eigenvalue weighted by Crippen LogP contribution is -2.15. The molecule has 0 atom stereocenters. The maximum absolute atomic E-state index is 5.77. The topological polar surface area (TPSA) is 49.0 Å². The predicted octanol–water partition coefficient (Wildman–Crippen LogP) is 2.68. The summed E-state index contributed by atoms with van der Waals surface area (Å²) in [5.74, 6) is 3.08. The first-order valence-electron chi connectivity index (χ1n) is 7.70. The minimum atomic E-state index is 0.277. The molecule has 0 saturated heterocycles. The van der Waals surface area contributed by atoms with Crippen molar-refractivity contribution in [2.75, 3.05) is 26.7 Å². The van der Waals surface area contributed by atoms with Crippen LogP contribution in [0.5, 0.6) is 17.2 Å². The minimum Gasteiger partial charge on any atom is -0.467 e. The van der Waals surface area contributed by atoms with Crippen LogP contribution in [0, 0.1) is 5.92 Å². The Bertz CT molecular complexity index is 474. The van der Waals surface area contributed by atoms with Crippen molar-refractivity contribution in [2.24, 2.45) is 5.92 Å². The monoisotopic (exact) mass is 293 g/mol. The van der Waals surface area contributed by atoms with E-state index in [0.29, 0.717) is 0 Å². The Morgan fingerprint density at radius 1 is 1.24 bits per heavy atom. The molecule has 5 heteroatoms. The van der Waals surface area contributed by atoms with Crippen molar-refractivity contribution in [3.8, 4) is 17.2 Å². The van der Waals surface area contributed by atoms with Gasteiger partial charge in [0.05, 0.1) is 6.61 Å². The fourth-order valence-electron chi connectivity index (χ4n) is 2.24. The summed E-state index contributed by atoms with van der Waals surface area (Å²) < 4.78 is 22.2. The summed E-state index contributed by atoms with van der Waals surface area (Å²) in [6.07, 6.45) is 3.68. The summed E-state index contributed by atoms with van der Waals surface area (Å²) in [6, 6.07) is 3.88. The smallest absolute Gasteiger partial charge is 0.231 e. The summed E-state index contributed by atoms with van der Waals surface area (Å²) in [7, 11) is 0. The van der Waals surface area contributed by atoms with Crippen LogP contribution in [0.2, 0.25) is 0 Å². The highest BCUT2D eigenvalue weighted by molar-refractivity contribution is 5.51. The highest BCUT2D eigenvalue weighted by atomic mass is 16.7. The summed E-state index contributed by atoms with van der Waals surface area (Å²) in [4.78, 5) is 0. The summed E-state index contributed by atoms with van der Waals surface area (Å²) in [6.45, 7) is 5.24. The molecule has 0 aromatic heterocycles. The molecule has 0 bridgehead atoms. The van der Waals surface area contributed by atoms with Gasteiger partial charge in [0, 0.05) is 18.2 Å². The number of hydrogen-bond acceptors (Lipinski definition) is 5. The van der Waals surface area contributed by atoms with Crippen LogP contribution >= 0.6 is 0 Å². The molecule has 1 saturated carbocycles. The quantitative estimate of drug-likeness (QED) is 0.560. The molecule has 0 amide bonds. The Balaban J connectivity index is 1.60. The van der Waals surface area contributed by atoms with E-state index in [4.69, 9.17) is 18.9 Å². The highest BCUT2D eigenvalue weighted by Gasteiger charge is 2.21. The van der Waals surface area contributed by atoms with Gasteiger partial charge < -0.3 is 24.3 Å². The first kappa shape index (κ1) is 14.5. The van der Waals surface area contributed by atoms with Gasteiger partial charge in [-0.25, -0.2) is 0 Å². The Morgan fingerprint density at radius 2 is 2.05 bits per heavy atom. The van der Waals surface area contributed by atoms with Crippen molar-refractivity contribution >= 4 is 0 Å². The van der Waals surface area contributed by atoms with Crippen molar-refractivity contribution in [3.05, 3.63) is 17.7 Å². The van der Waals surface area contributed by atoms with Crippen molar-refractivity contribution in [1.29, 1.82) is 0 Å². The number of rotatable bonds is 9. The van der Waals surface area contributed by atoms with Crippen molar-refractivity contribution < 1.29 is 18.9 Å². The molecule has 1 N–H and O–H groups in total. The summed E-state index contributed by atoms with van der Waals surface area (Å²) >= 11 is 0. The maximum atomic E-state index is 5.77. The van der Waals surface area contributed by atoms with Crippen LogP contribution in [0.4, 0.5) is 0 Å². The first-order valence-corrected chi connectivity index (χ1v) is 7.70. The third-order valence-electron chi connectivity index (χ3n) is 3.65. The third kappa shape index (κ3) is 4.02. The zero-order valence-electron chi connectivity index (χ0n) is 12.5. The molecule has 1 aromatic rings. The number of benzene rings is 1. The lowest BCUT2D eigenvalue weighted by Gasteiger charge is -2.13. The minimum absolute atomic E-state index is 0.277. The van der Waals surface area contributed by atoms with Crippen LogP contribution in [-0.2, 0) is 11.3 Å². The third-order valence-corrected chi connectivity index (χ3v) is 3.65. The Morgan fingerprint density at radius 3 is 2.81 bits per heavy atom. The molecule has 0 radical (unpaired) electrons. The zero-order valence-corrected chi connectivity index (χ0v) is 12.5. The van der Waals surface area contributed by atoms with Gasteiger partial charge in [0.2, 0.25) is 6.79 Å². The molecule has 1 aromatic carbocycles. The average molecular weight is 293 g/mol. The average Bonchev–Trinajstić information content (AvgIpc) is 3.21. The van der Waals surface area contributed by atoms with Gasteiger partial charge in [-0.05, 0) is 37.8 Å². The van der Waals surface area contributed by atoms with Crippen LogP contribution in [0.25, 0.3) is 0 Å². The molecule has 116 valence electrons. The normalized spacial score (nSPS) is 16.2. The van der Waals surface area contributed by atoms with Crippen LogP contribution in [0.15, 0.2) is 12.1 Å². The molecule has 1 fully saturated rings. The molecular weight excluding hydrogens is 270 g/mol. The lowest BCUT2D eigenvalue weighted by atomic mass is 10.1. The van der Waals surface area contributed by atoms with Gasteiger partial charge in [-0.3, -0.25) is 0 Å². The Labute approximate surface area is 125 Å². The molecule has 1 aliphatic carbocycles. The van der Waals surface area contributed by atoms with Gasteiger partial charge in [0.25, 0.3) is 0 Å². The van der Waals surface area contributed by atoms with E-state index in [-0.39, 0.29) is 13.6 Å². The predicted molar refractivity (Wildman–Crippen MR) is 78.7 cm³/mol. The molecule has 1 aliphatic heterocycles. The summed E-state index contributed by atoms with van der Waals surface area (Å²) in [5, 5.41) is 3.38. The standard InChI is InChI=1S/C16H23NO4/c1-2-5-17-8-13-6-15-16(21-11-20-15)7-14(13)19-10-18-9-12-3-4-12/h6-7,12,17H,2-5,8-11H2,1H3. The van der Waals surface area contributed by atoms with E-state index in [1.807, 2.05) is 12.1 Å². The van der Waals surface area contributed by atoms with Gasteiger partial charge in [-0.15, -0.1) is 0 Å². The van der Waals surface area contributed by atoms with Crippen molar-refractivity contribution in [2.45, 2.75) is 32.7 Å². The van der Waals surface area contributed by atoms with Crippen LogP contribution in [0.3, 0.4) is 0 Å². The number of nitrogens with one attached hydrogen (secondary N) is 1. The van der Waals surface area contributed by atoms with E-state index in [1.165, 1.54) is 12.8 Å². The molecular formula is C16H23NO4. The second-order valence-corrected chi connectivity index (χ2v) is 5.57. The Hall–Kier alpha value is -1.46. The van der Waals surface area contributed by atoms with Crippen molar-refractivity contribution in [1.82, 2.24) is 5.32 Å². The molecule has 3 rings (SSSR count). The maximum Gasteiger partial charge on any atom is 0.231 e. The number of hydrogen-bond donors (Lipinski definition) is 1. The largest absolute Gasteiger partial charge is 0.467 e. The highest BCUT2D eigenvalue weighted by Crippen LogP contribution is 2.38. The van der Waals surface area contributed by atoms with Crippen LogP contribution in [-0.4, -0.2) is 26.7 Å². The van der Waals surface area contributed by atoms with Crippen LogP contribution in [0.1, 0.15) is 31.7 Å². The fourth-order valence-corrected chi connectivity index (χ4v) is 2.24. The Kier molecular flexibility index (Phi) is 4.83. The molecule has 21 heavy (non-hydrogen) atoms. The van der Waals surface area contributed by atoms with E-state index in [1.54, 1.807) is 0 Å². The van der Waals surface area contributed by atoms with Gasteiger partial charge in [-0.2, -0.15) is 0 Å². The van der Waals surface area contributed by atoms with E-state index in [0.717, 1.165) is 54.8 Å². The molecule has 0 unspecified atom stereocenters. The van der Waals surface area contributed by atoms with Gasteiger partial charge >= 0.3 is 0 Å². The number of ether oxygens (including phenoxy) is 4. The van der Waals surface area contributed by atoms with E-state index in [2.05, 4.69) is 12.2 Å². The summed E-state index contributed by atoms with van der Waals surface area (Å²) in [5.41, 5.74) is 1.07. The van der Waals surface area contributed by atoms with Gasteiger partial charge in [-0.1, -0.05) is 6.92 Å².